The van der Waals surface area contributed by atoms with Crippen LogP contribution in [0.3, 0.4) is 0 Å². The van der Waals surface area contributed by atoms with Gasteiger partial charge in [0.2, 0.25) is 16.8 Å². The van der Waals surface area contributed by atoms with E-state index in [1.807, 2.05) is 0 Å². The first-order valence-electron chi connectivity index (χ1n) is 4.98. The van der Waals surface area contributed by atoms with E-state index in [2.05, 4.69) is 20.2 Å². The molecule has 0 aliphatic rings. The number of methoxy groups -OCH3 is 1. The Balaban J connectivity index is 2.08. The third-order valence-corrected chi connectivity index (χ3v) is 3.23. The van der Waals surface area contributed by atoms with Crippen LogP contribution in [0.4, 0.5) is 13.2 Å². The van der Waals surface area contributed by atoms with Gasteiger partial charge in [-0.05, 0) is 0 Å². The second-order valence-corrected chi connectivity index (χ2v) is 4.73. The Hall–Kier alpha value is -1.68. The third kappa shape index (κ3) is 3.25. The first-order chi connectivity index (χ1) is 9.41. The van der Waals surface area contributed by atoms with Gasteiger partial charge in [0.1, 0.15) is 12.9 Å². The van der Waals surface area contributed by atoms with Crippen molar-refractivity contribution in [2.75, 3.05) is 7.11 Å². The summed E-state index contributed by atoms with van der Waals surface area (Å²) in [6.45, 7) is -0.242. The molecule has 0 atom stereocenters. The zero-order valence-corrected chi connectivity index (χ0v) is 11.4. The normalized spacial score (nSPS) is 11.4. The molecular formula is C9H6ClF3N4O2S. The molecule has 0 amide bonds. The van der Waals surface area contributed by atoms with Crippen molar-refractivity contribution in [2.24, 2.45) is 0 Å². The average Bonchev–Trinajstić information content (AvgIpc) is 2.86. The highest BCUT2D eigenvalue weighted by Crippen LogP contribution is 2.33. The maximum absolute atomic E-state index is 12.3. The van der Waals surface area contributed by atoms with E-state index in [-0.39, 0.29) is 28.4 Å². The summed E-state index contributed by atoms with van der Waals surface area (Å²) >= 11 is 6.25. The molecule has 0 aliphatic carbocycles. The Morgan fingerprint density at radius 3 is 2.55 bits per heavy atom. The van der Waals surface area contributed by atoms with Crippen LogP contribution in [0.5, 0.6) is 11.8 Å². The zero-order valence-electron chi connectivity index (χ0n) is 9.81. The second-order valence-electron chi connectivity index (χ2n) is 3.29. The Morgan fingerprint density at radius 1 is 1.25 bits per heavy atom. The molecule has 11 heteroatoms. The quantitative estimate of drug-likeness (QED) is 0.860. The number of hydrogen-bond acceptors (Lipinski definition) is 7. The molecule has 0 aliphatic heterocycles. The first kappa shape index (κ1) is 14.7. The molecular weight excluding hydrogens is 321 g/mol. The van der Waals surface area contributed by atoms with Crippen molar-refractivity contribution in [1.82, 2.24) is 20.2 Å². The van der Waals surface area contributed by atoms with Gasteiger partial charge in [-0.15, -0.1) is 10.2 Å². The van der Waals surface area contributed by atoms with E-state index < -0.39 is 11.2 Å². The van der Waals surface area contributed by atoms with Crippen LogP contribution in [-0.4, -0.2) is 27.3 Å². The van der Waals surface area contributed by atoms with Gasteiger partial charge in [-0.1, -0.05) is 22.9 Å². The van der Waals surface area contributed by atoms with Crippen molar-refractivity contribution in [2.45, 2.75) is 12.8 Å². The van der Waals surface area contributed by atoms with Crippen molar-refractivity contribution in [3.05, 3.63) is 21.4 Å². The van der Waals surface area contributed by atoms with Gasteiger partial charge in [0, 0.05) is 0 Å². The maximum Gasteiger partial charge on any atom is 0.445 e. The number of alkyl halides is 3. The molecule has 2 aromatic rings. The highest BCUT2D eigenvalue weighted by molar-refractivity contribution is 7.11. The van der Waals surface area contributed by atoms with E-state index in [0.717, 1.165) is 6.33 Å². The highest BCUT2D eigenvalue weighted by atomic mass is 35.5. The Labute approximate surface area is 119 Å². The summed E-state index contributed by atoms with van der Waals surface area (Å²) < 4.78 is 47.0. The van der Waals surface area contributed by atoms with Crippen LogP contribution in [0.25, 0.3) is 0 Å². The van der Waals surface area contributed by atoms with Crippen LogP contribution in [0, 0.1) is 0 Å². The Morgan fingerprint density at radius 2 is 1.95 bits per heavy atom. The second kappa shape index (κ2) is 5.75. The monoisotopic (exact) mass is 326 g/mol. The number of aromatic nitrogens is 4. The van der Waals surface area contributed by atoms with Crippen LogP contribution >= 0.6 is 22.9 Å². The molecule has 0 N–H and O–H groups in total. The van der Waals surface area contributed by atoms with Gasteiger partial charge in [0.15, 0.2) is 10.0 Å². The van der Waals surface area contributed by atoms with Gasteiger partial charge >= 0.3 is 6.18 Å². The minimum absolute atomic E-state index is 0.0118. The van der Waals surface area contributed by atoms with E-state index in [4.69, 9.17) is 21.1 Å². The number of rotatable bonds is 4. The van der Waals surface area contributed by atoms with Crippen LogP contribution in [0.1, 0.15) is 10.0 Å². The molecule has 0 fully saturated rings. The summed E-state index contributed by atoms with van der Waals surface area (Å²) in [7, 11) is 1.36. The summed E-state index contributed by atoms with van der Waals surface area (Å²) in [5, 5.41) is 5.44. The molecule has 20 heavy (non-hydrogen) atoms. The molecule has 2 aromatic heterocycles. The molecule has 0 radical (unpaired) electrons. The highest BCUT2D eigenvalue weighted by Gasteiger charge is 2.35. The number of ether oxygens (including phenoxy) is 2. The molecule has 2 heterocycles. The van der Waals surface area contributed by atoms with Gasteiger partial charge in [0.25, 0.3) is 0 Å². The molecule has 0 saturated carbocycles. The SMILES string of the molecule is COc1ncnc(OCc2nnc(C(F)(F)F)s2)c1Cl. The lowest BCUT2D eigenvalue weighted by Gasteiger charge is -2.06. The van der Waals surface area contributed by atoms with Crippen molar-refractivity contribution in [1.29, 1.82) is 0 Å². The van der Waals surface area contributed by atoms with Crippen molar-refractivity contribution in [3.8, 4) is 11.8 Å². The van der Waals surface area contributed by atoms with Crippen molar-refractivity contribution < 1.29 is 22.6 Å². The average molecular weight is 327 g/mol. The molecule has 2 rings (SSSR count). The first-order valence-corrected chi connectivity index (χ1v) is 6.18. The molecule has 6 nitrogen and oxygen atoms in total. The maximum atomic E-state index is 12.3. The molecule has 108 valence electrons. The number of hydrogen-bond donors (Lipinski definition) is 0. The van der Waals surface area contributed by atoms with Crippen LogP contribution in [-0.2, 0) is 12.8 Å². The van der Waals surface area contributed by atoms with Crippen molar-refractivity contribution >= 4 is 22.9 Å². The van der Waals surface area contributed by atoms with Crippen LogP contribution < -0.4 is 9.47 Å². The lowest BCUT2D eigenvalue weighted by atomic mass is 10.6. The van der Waals surface area contributed by atoms with E-state index in [0.29, 0.717) is 11.3 Å². The van der Waals surface area contributed by atoms with E-state index in [1.54, 1.807) is 0 Å². The topological polar surface area (TPSA) is 70.0 Å². The summed E-state index contributed by atoms with van der Waals surface area (Å²) in [5.74, 6) is 0.0900. The standard InChI is InChI=1S/C9H6ClF3N4O2S/c1-18-6-5(10)7(15-3-14-6)19-2-4-16-17-8(20-4)9(11,12)13/h3H,2H2,1H3. The van der Waals surface area contributed by atoms with Crippen LogP contribution in [0.2, 0.25) is 5.02 Å². The van der Waals surface area contributed by atoms with Gasteiger partial charge in [-0.2, -0.15) is 13.2 Å². The molecule has 0 aromatic carbocycles. The molecule has 0 spiro atoms. The minimum atomic E-state index is -4.52. The number of nitrogens with zero attached hydrogens (tertiary/aromatic N) is 4. The largest absolute Gasteiger partial charge is 0.480 e. The Bertz CT molecular complexity index is 607. The van der Waals surface area contributed by atoms with E-state index in [9.17, 15) is 13.2 Å². The minimum Gasteiger partial charge on any atom is -0.480 e. The van der Waals surface area contributed by atoms with Gasteiger partial charge in [-0.3, -0.25) is 0 Å². The summed E-state index contributed by atoms with van der Waals surface area (Å²) in [6.07, 6.45) is -3.37. The fourth-order valence-electron chi connectivity index (χ4n) is 1.14. The number of halogens is 4. The Kier molecular flexibility index (Phi) is 4.23. The van der Waals surface area contributed by atoms with E-state index in [1.165, 1.54) is 7.11 Å². The summed E-state index contributed by atoms with van der Waals surface area (Å²) in [6, 6.07) is 0. The lowest BCUT2D eigenvalue weighted by Crippen LogP contribution is -2.03. The third-order valence-electron chi connectivity index (χ3n) is 1.96. The lowest BCUT2D eigenvalue weighted by molar-refractivity contribution is -0.138. The van der Waals surface area contributed by atoms with Gasteiger partial charge < -0.3 is 9.47 Å². The van der Waals surface area contributed by atoms with Crippen LogP contribution in [0.15, 0.2) is 6.33 Å². The molecule has 0 unspecified atom stereocenters. The van der Waals surface area contributed by atoms with Gasteiger partial charge in [0.05, 0.1) is 7.11 Å². The summed E-state index contributed by atoms with van der Waals surface area (Å²) in [4.78, 5) is 7.48. The fraction of sp³-hybridized carbons (Fsp3) is 0.333. The molecule has 0 bridgehead atoms. The predicted octanol–water partition coefficient (Wildman–Crippen LogP) is 2.59. The molecule has 0 saturated heterocycles. The van der Waals surface area contributed by atoms with Crippen molar-refractivity contribution in [3.63, 3.8) is 0 Å². The zero-order chi connectivity index (χ0) is 14.8. The van der Waals surface area contributed by atoms with Gasteiger partial charge in [-0.25, -0.2) is 9.97 Å². The van der Waals surface area contributed by atoms with E-state index >= 15 is 0 Å². The fourth-order valence-corrected chi connectivity index (χ4v) is 1.99. The predicted molar refractivity (Wildman–Crippen MR) is 62.8 cm³/mol. The summed E-state index contributed by atoms with van der Waals surface area (Å²) in [5.41, 5.74) is 0. The smallest absolute Gasteiger partial charge is 0.445 e.